The van der Waals surface area contributed by atoms with Crippen molar-refractivity contribution in [1.29, 1.82) is 0 Å². The molecule has 0 aliphatic heterocycles. The van der Waals surface area contributed by atoms with Crippen LogP contribution in [0.25, 0.3) is 11.4 Å². The van der Waals surface area contributed by atoms with E-state index in [0.717, 1.165) is 11.3 Å². The molecule has 0 atom stereocenters. The molecule has 88 valence electrons. The first-order valence-electron chi connectivity index (χ1n) is 5.14. The maximum Gasteiger partial charge on any atom is 0.353 e. The summed E-state index contributed by atoms with van der Waals surface area (Å²) in [6, 6.07) is 7.72. The van der Waals surface area contributed by atoms with E-state index in [0.29, 0.717) is 5.82 Å². The zero-order chi connectivity index (χ0) is 12.4. The van der Waals surface area contributed by atoms with Crippen molar-refractivity contribution in [2.24, 2.45) is 0 Å². The number of H-pyrrole nitrogens is 1. The van der Waals surface area contributed by atoms with Gasteiger partial charge >= 0.3 is 5.97 Å². The van der Waals surface area contributed by atoms with Crippen molar-refractivity contribution in [3.05, 3.63) is 36.2 Å². The Kier molecular flexibility index (Phi) is 2.82. The summed E-state index contributed by atoms with van der Waals surface area (Å²) < 4.78 is 0. The average molecular weight is 231 g/mol. The summed E-state index contributed by atoms with van der Waals surface area (Å²) in [5.74, 6) is -0.443. The zero-order valence-corrected chi connectivity index (χ0v) is 9.64. The Bertz CT molecular complexity index is 529. The Morgan fingerprint density at radius 2 is 1.94 bits per heavy atom. The molecule has 0 unspecified atom stereocenters. The summed E-state index contributed by atoms with van der Waals surface area (Å²) in [6.07, 6.45) is 1.32. The summed E-state index contributed by atoms with van der Waals surface area (Å²) in [6.45, 7) is 0. The van der Waals surface area contributed by atoms with Gasteiger partial charge in [-0.05, 0) is 24.3 Å². The third-order valence-corrected chi connectivity index (χ3v) is 2.46. The normalized spacial score (nSPS) is 10.2. The Morgan fingerprint density at radius 3 is 2.41 bits per heavy atom. The third kappa shape index (κ3) is 2.28. The van der Waals surface area contributed by atoms with Gasteiger partial charge in [0, 0.05) is 25.3 Å². The largest absolute Gasteiger partial charge is 0.477 e. The highest BCUT2D eigenvalue weighted by Gasteiger charge is 2.08. The molecule has 5 heteroatoms. The van der Waals surface area contributed by atoms with Gasteiger partial charge in [0.15, 0.2) is 0 Å². The SMILES string of the molecule is CN(C)c1ccc(-c2ncc(C(=O)O)[nH]2)cc1. The minimum absolute atomic E-state index is 0.0942. The number of hydrogen-bond acceptors (Lipinski definition) is 3. The predicted molar refractivity (Wildman–Crippen MR) is 65.3 cm³/mol. The number of nitrogens with one attached hydrogen (secondary N) is 1. The number of aromatic nitrogens is 2. The summed E-state index contributed by atoms with van der Waals surface area (Å²) in [4.78, 5) is 19.5. The first-order chi connectivity index (χ1) is 8.08. The third-order valence-electron chi connectivity index (χ3n) is 2.46. The average Bonchev–Trinajstić information content (AvgIpc) is 2.78. The maximum absolute atomic E-state index is 10.7. The van der Waals surface area contributed by atoms with Gasteiger partial charge in [0.05, 0.1) is 6.20 Å². The number of rotatable bonds is 3. The molecule has 0 spiro atoms. The van der Waals surface area contributed by atoms with E-state index >= 15 is 0 Å². The van der Waals surface area contributed by atoms with Crippen molar-refractivity contribution in [3.63, 3.8) is 0 Å². The second kappa shape index (κ2) is 4.29. The van der Waals surface area contributed by atoms with Crippen molar-refractivity contribution in [2.75, 3.05) is 19.0 Å². The number of carbonyl (C=O) groups is 1. The lowest BCUT2D eigenvalue weighted by Gasteiger charge is -2.12. The van der Waals surface area contributed by atoms with Crippen molar-refractivity contribution >= 4 is 11.7 Å². The number of aromatic carboxylic acids is 1. The molecular formula is C12H13N3O2. The molecule has 2 rings (SSSR count). The molecule has 0 aliphatic rings. The van der Waals surface area contributed by atoms with Crippen LogP contribution in [-0.4, -0.2) is 35.1 Å². The van der Waals surface area contributed by atoms with E-state index in [9.17, 15) is 4.79 Å². The first kappa shape index (κ1) is 11.2. The Balaban J connectivity index is 2.30. The number of carboxylic acids is 1. The molecule has 17 heavy (non-hydrogen) atoms. The van der Waals surface area contributed by atoms with Gasteiger partial charge in [-0.3, -0.25) is 0 Å². The maximum atomic E-state index is 10.7. The second-order valence-corrected chi connectivity index (χ2v) is 3.89. The highest BCUT2D eigenvalue weighted by molar-refractivity contribution is 5.85. The van der Waals surface area contributed by atoms with Crippen molar-refractivity contribution in [3.8, 4) is 11.4 Å². The molecule has 1 aromatic heterocycles. The van der Waals surface area contributed by atoms with Crippen LogP contribution >= 0.6 is 0 Å². The van der Waals surface area contributed by atoms with E-state index in [4.69, 9.17) is 5.11 Å². The lowest BCUT2D eigenvalue weighted by Crippen LogP contribution is -2.07. The number of nitrogens with zero attached hydrogens (tertiary/aromatic N) is 2. The summed E-state index contributed by atoms with van der Waals surface area (Å²) >= 11 is 0. The number of anilines is 1. The number of imidazole rings is 1. The Hall–Kier alpha value is -2.30. The van der Waals surface area contributed by atoms with Crippen LogP contribution in [-0.2, 0) is 0 Å². The van der Waals surface area contributed by atoms with Crippen molar-refractivity contribution < 1.29 is 9.90 Å². The Morgan fingerprint density at radius 1 is 1.29 bits per heavy atom. The van der Waals surface area contributed by atoms with Crippen LogP contribution in [0.1, 0.15) is 10.5 Å². The van der Waals surface area contributed by atoms with E-state index in [2.05, 4.69) is 9.97 Å². The van der Waals surface area contributed by atoms with Crippen molar-refractivity contribution in [2.45, 2.75) is 0 Å². The number of carboxylic acid groups (broad SMARTS) is 1. The van der Waals surface area contributed by atoms with Gasteiger partial charge in [0.2, 0.25) is 0 Å². The minimum atomic E-state index is -1.01. The molecule has 0 bridgehead atoms. The van der Waals surface area contributed by atoms with Crippen LogP contribution in [0.4, 0.5) is 5.69 Å². The van der Waals surface area contributed by atoms with E-state index in [1.54, 1.807) is 0 Å². The highest BCUT2D eigenvalue weighted by Crippen LogP contribution is 2.19. The van der Waals surface area contributed by atoms with Crippen LogP contribution in [0.2, 0.25) is 0 Å². The minimum Gasteiger partial charge on any atom is -0.477 e. The van der Waals surface area contributed by atoms with Crippen LogP contribution in [0.3, 0.4) is 0 Å². The van der Waals surface area contributed by atoms with Gasteiger partial charge in [-0.1, -0.05) is 0 Å². The van der Waals surface area contributed by atoms with Crippen molar-refractivity contribution in [1.82, 2.24) is 9.97 Å². The summed E-state index contributed by atoms with van der Waals surface area (Å²) in [5.41, 5.74) is 2.04. The Labute approximate surface area is 98.7 Å². The second-order valence-electron chi connectivity index (χ2n) is 3.89. The standard InChI is InChI=1S/C12H13N3O2/c1-15(2)9-5-3-8(4-6-9)11-13-7-10(14-11)12(16)17/h3-7H,1-2H3,(H,13,14)(H,16,17). The lowest BCUT2D eigenvalue weighted by atomic mass is 10.2. The molecule has 0 fully saturated rings. The monoisotopic (exact) mass is 231 g/mol. The van der Waals surface area contributed by atoms with E-state index in [1.807, 2.05) is 43.3 Å². The molecular weight excluding hydrogens is 218 g/mol. The fraction of sp³-hybridized carbons (Fsp3) is 0.167. The summed E-state index contributed by atoms with van der Waals surface area (Å²) in [7, 11) is 3.93. The van der Waals surface area contributed by atoms with Crippen LogP contribution in [0.15, 0.2) is 30.5 Å². The number of aromatic amines is 1. The molecule has 0 radical (unpaired) electrons. The van der Waals surface area contributed by atoms with Gasteiger partial charge in [0.25, 0.3) is 0 Å². The van der Waals surface area contributed by atoms with Gasteiger partial charge in [-0.15, -0.1) is 0 Å². The van der Waals surface area contributed by atoms with Gasteiger partial charge < -0.3 is 15.0 Å². The number of benzene rings is 1. The van der Waals surface area contributed by atoms with Crippen LogP contribution < -0.4 is 4.90 Å². The molecule has 2 N–H and O–H groups in total. The summed E-state index contributed by atoms with van der Waals surface area (Å²) in [5, 5.41) is 8.78. The molecule has 0 saturated carbocycles. The van der Waals surface area contributed by atoms with Crippen LogP contribution in [0, 0.1) is 0 Å². The molecule has 0 aliphatic carbocycles. The van der Waals surface area contributed by atoms with Gasteiger partial charge in [-0.2, -0.15) is 0 Å². The quantitative estimate of drug-likeness (QED) is 0.845. The first-order valence-corrected chi connectivity index (χ1v) is 5.14. The topological polar surface area (TPSA) is 69.2 Å². The molecule has 1 aromatic carbocycles. The zero-order valence-electron chi connectivity index (χ0n) is 9.64. The van der Waals surface area contributed by atoms with E-state index in [1.165, 1.54) is 6.20 Å². The lowest BCUT2D eigenvalue weighted by molar-refractivity contribution is 0.0691. The number of hydrogen-bond donors (Lipinski definition) is 2. The molecule has 1 heterocycles. The van der Waals surface area contributed by atoms with E-state index in [-0.39, 0.29) is 5.69 Å². The van der Waals surface area contributed by atoms with Gasteiger partial charge in [0.1, 0.15) is 11.5 Å². The van der Waals surface area contributed by atoms with E-state index < -0.39 is 5.97 Å². The fourth-order valence-electron chi connectivity index (χ4n) is 1.49. The highest BCUT2D eigenvalue weighted by atomic mass is 16.4. The molecule has 0 amide bonds. The molecule has 2 aromatic rings. The predicted octanol–water partition coefficient (Wildman–Crippen LogP) is 1.84. The van der Waals surface area contributed by atoms with Crippen LogP contribution in [0.5, 0.6) is 0 Å². The smallest absolute Gasteiger partial charge is 0.353 e. The molecule has 5 nitrogen and oxygen atoms in total. The van der Waals surface area contributed by atoms with Gasteiger partial charge in [-0.25, -0.2) is 9.78 Å². The molecule has 0 saturated heterocycles. The fourth-order valence-corrected chi connectivity index (χ4v) is 1.49.